The number of fused-ring (bicyclic) bond motifs is 1. The maximum atomic E-state index is 9.25. The summed E-state index contributed by atoms with van der Waals surface area (Å²) in [5.74, 6) is 0.552. The van der Waals surface area contributed by atoms with Crippen LogP contribution in [0.3, 0.4) is 0 Å². The number of benzene rings is 2. The van der Waals surface area contributed by atoms with Crippen LogP contribution in [-0.2, 0) is 6.54 Å². The zero-order chi connectivity index (χ0) is 14.8. The zero-order valence-electron chi connectivity index (χ0n) is 12.4. The van der Waals surface area contributed by atoms with E-state index in [-0.39, 0.29) is 0 Å². The number of para-hydroxylation sites is 1. The van der Waals surface area contributed by atoms with Crippen LogP contribution in [-0.4, -0.2) is 4.57 Å². The molecule has 0 aliphatic heterocycles. The standard InChI is InChI=1S/C19H18N2/c1-14(2)16-9-7-15(8-10-16)12-21-13-17(11-20)18-5-3-4-6-19(18)21/h3-10,13-14H,12H2,1-2H3. The van der Waals surface area contributed by atoms with E-state index in [1.54, 1.807) is 0 Å². The van der Waals surface area contributed by atoms with Crippen LogP contribution in [0.1, 0.15) is 36.5 Å². The molecule has 0 saturated carbocycles. The lowest BCUT2D eigenvalue weighted by Crippen LogP contribution is -1.98. The van der Waals surface area contributed by atoms with Gasteiger partial charge in [-0.05, 0) is 23.1 Å². The van der Waals surface area contributed by atoms with Crippen molar-refractivity contribution in [2.75, 3.05) is 0 Å². The molecule has 2 nitrogen and oxygen atoms in total. The highest BCUT2D eigenvalue weighted by Crippen LogP contribution is 2.22. The molecule has 2 aromatic carbocycles. The van der Waals surface area contributed by atoms with Gasteiger partial charge in [-0.15, -0.1) is 0 Å². The SMILES string of the molecule is CC(C)c1ccc(Cn2cc(C#N)c3ccccc32)cc1. The molecule has 0 radical (unpaired) electrons. The minimum Gasteiger partial charge on any atom is -0.342 e. The fourth-order valence-corrected chi connectivity index (χ4v) is 2.67. The van der Waals surface area contributed by atoms with Crippen molar-refractivity contribution in [3.05, 3.63) is 71.4 Å². The van der Waals surface area contributed by atoms with Crippen LogP contribution in [0, 0.1) is 11.3 Å². The number of nitrogens with zero attached hydrogens (tertiary/aromatic N) is 2. The predicted octanol–water partition coefficient (Wildman–Crippen LogP) is 4.68. The Morgan fingerprint density at radius 1 is 1.05 bits per heavy atom. The molecule has 104 valence electrons. The van der Waals surface area contributed by atoms with E-state index in [9.17, 15) is 5.26 Å². The zero-order valence-corrected chi connectivity index (χ0v) is 12.4. The molecule has 0 bridgehead atoms. The van der Waals surface area contributed by atoms with E-state index in [1.165, 1.54) is 11.1 Å². The van der Waals surface area contributed by atoms with E-state index < -0.39 is 0 Å². The summed E-state index contributed by atoms with van der Waals surface area (Å²) >= 11 is 0. The van der Waals surface area contributed by atoms with E-state index in [0.29, 0.717) is 5.92 Å². The van der Waals surface area contributed by atoms with Crippen molar-refractivity contribution < 1.29 is 0 Å². The Balaban J connectivity index is 1.97. The largest absolute Gasteiger partial charge is 0.342 e. The Labute approximate surface area is 125 Å². The Morgan fingerprint density at radius 2 is 1.76 bits per heavy atom. The lowest BCUT2D eigenvalue weighted by Gasteiger charge is -2.08. The Bertz CT molecular complexity index is 802. The van der Waals surface area contributed by atoms with Crippen LogP contribution in [0.5, 0.6) is 0 Å². The van der Waals surface area contributed by atoms with Crippen LogP contribution >= 0.6 is 0 Å². The highest BCUT2D eigenvalue weighted by atomic mass is 15.0. The third-order valence-electron chi connectivity index (χ3n) is 3.91. The van der Waals surface area contributed by atoms with E-state index >= 15 is 0 Å². The fraction of sp³-hybridized carbons (Fsp3) is 0.211. The highest BCUT2D eigenvalue weighted by Gasteiger charge is 2.08. The molecule has 0 fully saturated rings. The van der Waals surface area contributed by atoms with Crippen LogP contribution in [0.4, 0.5) is 0 Å². The van der Waals surface area contributed by atoms with Crippen molar-refractivity contribution in [1.82, 2.24) is 4.57 Å². The summed E-state index contributed by atoms with van der Waals surface area (Å²) in [5, 5.41) is 10.3. The molecule has 0 amide bonds. The van der Waals surface area contributed by atoms with Crippen LogP contribution < -0.4 is 0 Å². The minimum absolute atomic E-state index is 0.552. The highest BCUT2D eigenvalue weighted by molar-refractivity contribution is 5.86. The normalized spacial score (nSPS) is 11.0. The van der Waals surface area contributed by atoms with Gasteiger partial charge < -0.3 is 4.57 Å². The summed E-state index contributed by atoms with van der Waals surface area (Å²) in [6, 6.07) is 19.1. The van der Waals surface area contributed by atoms with Crippen molar-refractivity contribution in [3.63, 3.8) is 0 Å². The summed E-state index contributed by atoms with van der Waals surface area (Å²) < 4.78 is 2.15. The van der Waals surface area contributed by atoms with E-state index in [4.69, 9.17) is 0 Å². The van der Waals surface area contributed by atoms with Gasteiger partial charge in [0.05, 0.1) is 5.56 Å². The third kappa shape index (κ3) is 2.55. The van der Waals surface area contributed by atoms with Gasteiger partial charge in [0.15, 0.2) is 0 Å². The van der Waals surface area contributed by atoms with Crippen LogP contribution in [0.15, 0.2) is 54.7 Å². The third-order valence-corrected chi connectivity index (χ3v) is 3.91. The summed E-state index contributed by atoms with van der Waals surface area (Å²) in [7, 11) is 0. The molecule has 2 heteroatoms. The summed E-state index contributed by atoms with van der Waals surface area (Å²) in [5.41, 5.74) is 4.46. The molecule has 3 aromatic rings. The second-order valence-electron chi connectivity index (χ2n) is 5.70. The molecule has 1 aromatic heterocycles. The summed E-state index contributed by atoms with van der Waals surface area (Å²) in [4.78, 5) is 0. The van der Waals surface area contributed by atoms with Gasteiger partial charge in [0.2, 0.25) is 0 Å². The average Bonchev–Trinajstić information content (AvgIpc) is 2.86. The Morgan fingerprint density at radius 3 is 2.43 bits per heavy atom. The molecule has 0 aliphatic rings. The Kier molecular flexibility index (Phi) is 3.50. The topological polar surface area (TPSA) is 28.7 Å². The van der Waals surface area contributed by atoms with Gasteiger partial charge in [0, 0.05) is 23.6 Å². The maximum absolute atomic E-state index is 9.25. The molecule has 0 N–H and O–H groups in total. The van der Waals surface area contributed by atoms with Gasteiger partial charge in [-0.2, -0.15) is 5.26 Å². The Hall–Kier alpha value is -2.53. The average molecular weight is 274 g/mol. The number of hydrogen-bond acceptors (Lipinski definition) is 1. The van der Waals surface area contributed by atoms with Gasteiger partial charge >= 0.3 is 0 Å². The molecule has 1 heterocycles. The fourth-order valence-electron chi connectivity index (χ4n) is 2.67. The molecular formula is C19H18N2. The quantitative estimate of drug-likeness (QED) is 0.681. The van der Waals surface area contributed by atoms with Crippen molar-refractivity contribution in [2.45, 2.75) is 26.3 Å². The second kappa shape index (κ2) is 5.46. The first-order valence-corrected chi connectivity index (χ1v) is 7.26. The van der Waals surface area contributed by atoms with Gasteiger partial charge in [0.25, 0.3) is 0 Å². The first kappa shape index (κ1) is 13.5. The van der Waals surface area contributed by atoms with Gasteiger partial charge in [0.1, 0.15) is 6.07 Å². The van der Waals surface area contributed by atoms with Gasteiger partial charge in [-0.25, -0.2) is 0 Å². The summed E-state index contributed by atoms with van der Waals surface area (Å²) in [6.07, 6.45) is 1.95. The second-order valence-corrected chi connectivity index (χ2v) is 5.70. The molecule has 21 heavy (non-hydrogen) atoms. The maximum Gasteiger partial charge on any atom is 0.101 e. The molecule has 3 rings (SSSR count). The first-order valence-electron chi connectivity index (χ1n) is 7.26. The van der Waals surface area contributed by atoms with Crippen LogP contribution in [0.2, 0.25) is 0 Å². The van der Waals surface area contributed by atoms with Gasteiger partial charge in [-0.3, -0.25) is 0 Å². The van der Waals surface area contributed by atoms with Crippen molar-refractivity contribution in [1.29, 1.82) is 5.26 Å². The van der Waals surface area contributed by atoms with E-state index in [0.717, 1.165) is 23.0 Å². The molecule has 0 spiro atoms. The van der Waals surface area contributed by atoms with Crippen molar-refractivity contribution in [3.8, 4) is 6.07 Å². The first-order chi connectivity index (χ1) is 10.2. The van der Waals surface area contributed by atoms with Crippen LogP contribution in [0.25, 0.3) is 10.9 Å². The number of rotatable bonds is 3. The molecule has 0 unspecified atom stereocenters. The molecular weight excluding hydrogens is 256 g/mol. The lowest BCUT2D eigenvalue weighted by molar-refractivity contribution is 0.828. The lowest BCUT2D eigenvalue weighted by atomic mass is 10.0. The molecule has 0 atom stereocenters. The predicted molar refractivity (Wildman–Crippen MR) is 86.3 cm³/mol. The van der Waals surface area contributed by atoms with E-state index in [2.05, 4.69) is 54.8 Å². The van der Waals surface area contributed by atoms with Crippen molar-refractivity contribution >= 4 is 10.9 Å². The molecule has 0 saturated heterocycles. The number of hydrogen-bond donors (Lipinski definition) is 0. The number of nitriles is 1. The minimum atomic E-state index is 0.552. The van der Waals surface area contributed by atoms with Gasteiger partial charge in [-0.1, -0.05) is 56.3 Å². The smallest absolute Gasteiger partial charge is 0.101 e. The molecule has 0 aliphatic carbocycles. The monoisotopic (exact) mass is 274 g/mol. The summed E-state index contributed by atoms with van der Waals surface area (Å²) in [6.45, 7) is 5.20. The van der Waals surface area contributed by atoms with E-state index in [1.807, 2.05) is 24.4 Å². The van der Waals surface area contributed by atoms with Crippen molar-refractivity contribution in [2.24, 2.45) is 0 Å². The number of aromatic nitrogens is 1.